The minimum atomic E-state index is -0.513. The Kier molecular flexibility index (Phi) is 5.22. The molecule has 0 unspecified atom stereocenters. The summed E-state index contributed by atoms with van der Waals surface area (Å²) in [5.41, 5.74) is 1.23. The first-order valence-corrected chi connectivity index (χ1v) is 7.15. The van der Waals surface area contributed by atoms with Gasteiger partial charge in [-0.2, -0.15) is 0 Å². The van der Waals surface area contributed by atoms with Crippen LogP contribution >= 0.6 is 11.3 Å². The molecule has 0 aliphatic heterocycles. The van der Waals surface area contributed by atoms with Crippen LogP contribution in [0.4, 0.5) is 5.13 Å². The zero-order valence-electron chi connectivity index (χ0n) is 11.4. The first-order valence-electron chi connectivity index (χ1n) is 6.27. The maximum Gasteiger partial charge on any atom is 0.358 e. The normalized spacial score (nSPS) is 10.5. The van der Waals surface area contributed by atoms with Crippen molar-refractivity contribution in [2.45, 2.75) is 6.92 Å². The monoisotopic (exact) mass is 302 g/mol. The number of thiazole rings is 1. The predicted molar refractivity (Wildman–Crippen MR) is 82.2 cm³/mol. The van der Waals surface area contributed by atoms with Gasteiger partial charge in [0.15, 0.2) is 10.8 Å². The number of anilines is 1. The Bertz CT molecular complexity index is 650. The third kappa shape index (κ3) is 4.85. The van der Waals surface area contributed by atoms with Gasteiger partial charge in [-0.05, 0) is 11.6 Å². The van der Waals surface area contributed by atoms with Gasteiger partial charge in [0, 0.05) is 12.3 Å². The summed E-state index contributed by atoms with van der Waals surface area (Å²) in [5.74, 6) is -0.740. The number of ether oxygens (including phenoxy) is 1. The van der Waals surface area contributed by atoms with Crippen LogP contribution in [-0.4, -0.2) is 23.5 Å². The molecule has 1 heterocycles. The van der Waals surface area contributed by atoms with Crippen molar-refractivity contribution in [1.29, 1.82) is 0 Å². The largest absolute Gasteiger partial charge is 0.457 e. The molecule has 2 rings (SSSR count). The summed E-state index contributed by atoms with van der Waals surface area (Å²) in [6.45, 7) is 1.55. The van der Waals surface area contributed by atoms with E-state index in [9.17, 15) is 9.59 Å². The molecule has 0 aliphatic rings. The second kappa shape index (κ2) is 7.35. The van der Waals surface area contributed by atoms with E-state index in [-0.39, 0.29) is 18.2 Å². The molecule has 1 N–H and O–H groups in total. The van der Waals surface area contributed by atoms with E-state index in [2.05, 4.69) is 10.3 Å². The van der Waals surface area contributed by atoms with E-state index in [4.69, 9.17) is 4.74 Å². The van der Waals surface area contributed by atoms with Crippen molar-refractivity contribution in [2.75, 3.05) is 11.9 Å². The number of benzene rings is 1. The molecule has 6 heteroatoms. The lowest BCUT2D eigenvalue weighted by Gasteiger charge is -1.98. The molecule has 108 valence electrons. The third-order valence-corrected chi connectivity index (χ3v) is 3.17. The number of aromatic nitrogens is 1. The zero-order valence-corrected chi connectivity index (χ0v) is 12.2. The first kappa shape index (κ1) is 14.9. The maximum atomic E-state index is 11.7. The Morgan fingerprint density at radius 3 is 2.81 bits per heavy atom. The summed E-state index contributed by atoms with van der Waals surface area (Å²) < 4.78 is 5.07. The van der Waals surface area contributed by atoms with Gasteiger partial charge < -0.3 is 10.1 Å². The van der Waals surface area contributed by atoms with E-state index in [1.54, 1.807) is 11.5 Å². The second-order valence-electron chi connectivity index (χ2n) is 4.13. The molecule has 0 bridgehead atoms. The van der Waals surface area contributed by atoms with Crippen LogP contribution < -0.4 is 5.32 Å². The van der Waals surface area contributed by atoms with Gasteiger partial charge in [0.05, 0.1) is 0 Å². The number of nitrogens with one attached hydrogen (secondary N) is 1. The van der Waals surface area contributed by atoms with E-state index < -0.39 is 5.97 Å². The number of hydrogen-bond donors (Lipinski definition) is 1. The molecule has 0 fully saturated rings. The molecule has 0 radical (unpaired) electrons. The van der Waals surface area contributed by atoms with Crippen LogP contribution in [0.5, 0.6) is 0 Å². The number of nitrogens with zero attached hydrogens (tertiary/aromatic N) is 1. The molecule has 21 heavy (non-hydrogen) atoms. The highest BCUT2D eigenvalue weighted by molar-refractivity contribution is 7.14. The van der Waals surface area contributed by atoms with Gasteiger partial charge in [0.1, 0.15) is 6.61 Å². The lowest BCUT2D eigenvalue weighted by atomic mass is 10.2. The van der Waals surface area contributed by atoms with Crippen LogP contribution in [0.2, 0.25) is 0 Å². The molecule has 1 aromatic heterocycles. The standard InChI is InChI=1S/C15H14N2O3S/c1-11(18)16-15-17-13(10-21-15)14(19)20-9-5-8-12-6-3-2-4-7-12/h2-8,10H,9H2,1H3,(H,16,17,18)/b8-5+. The van der Waals surface area contributed by atoms with Crippen LogP contribution in [-0.2, 0) is 9.53 Å². The molecular weight excluding hydrogens is 288 g/mol. The number of hydrogen-bond acceptors (Lipinski definition) is 5. The van der Waals surface area contributed by atoms with Gasteiger partial charge in [-0.15, -0.1) is 11.3 Å². The van der Waals surface area contributed by atoms with Gasteiger partial charge in [-0.25, -0.2) is 9.78 Å². The molecule has 1 amide bonds. The molecule has 0 spiro atoms. The summed E-state index contributed by atoms with van der Waals surface area (Å²) in [5, 5.41) is 4.45. The Hall–Kier alpha value is -2.47. The summed E-state index contributed by atoms with van der Waals surface area (Å²) in [7, 11) is 0. The highest BCUT2D eigenvalue weighted by Crippen LogP contribution is 2.15. The fourth-order valence-corrected chi connectivity index (χ4v) is 2.25. The quantitative estimate of drug-likeness (QED) is 0.862. The number of carbonyl (C=O) groups is 2. The minimum Gasteiger partial charge on any atom is -0.457 e. The van der Waals surface area contributed by atoms with Gasteiger partial charge in [0.25, 0.3) is 0 Å². The van der Waals surface area contributed by atoms with Crippen LogP contribution in [0.1, 0.15) is 23.0 Å². The Labute approximate surface area is 126 Å². The Morgan fingerprint density at radius 2 is 2.10 bits per heavy atom. The zero-order chi connectivity index (χ0) is 15.1. The van der Waals surface area contributed by atoms with E-state index in [0.29, 0.717) is 5.13 Å². The lowest BCUT2D eigenvalue weighted by Crippen LogP contribution is -2.08. The van der Waals surface area contributed by atoms with Gasteiger partial charge >= 0.3 is 5.97 Å². The molecule has 2 aromatic rings. The highest BCUT2D eigenvalue weighted by Gasteiger charge is 2.11. The number of carbonyl (C=O) groups excluding carboxylic acids is 2. The van der Waals surface area contributed by atoms with Gasteiger partial charge in [-0.3, -0.25) is 4.79 Å². The van der Waals surface area contributed by atoms with E-state index >= 15 is 0 Å². The van der Waals surface area contributed by atoms with E-state index in [1.807, 2.05) is 36.4 Å². The summed E-state index contributed by atoms with van der Waals surface area (Å²) in [4.78, 5) is 26.6. The van der Waals surface area contributed by atoms with Crippen molar-refractivity contribution >= 4 is 34.4 Å². The Morgan fingerprint density at radius 1 is 1.33 bits per heavy atom. The number of esters is 1. The smallest absolute Gasteiger partial charge is 0.358 e. The van der Waals surface area contributed by atoms with Crippen LogP contribution in [0.25, 0.3) is 6.08 Å². The number of rotatable bonds is 5. The molecule has 1 aromatic carbocycles. The van der Waals surface area contributed by atoms with Gasteiger partial charge in [-0.1, -0.05) is 36.4 Å². The average Bonchev–Trinajstić information content (AvgIpc) is 2.92. The van der Waals surface area contributed by atoms with Gasteiger partial charge in [0.2, 0.25) is 5.91 Å². The van der Waals surface area contributed by atoms with Crippen molar-refractivity contribution in [3.05, 3.63) is 53.0 Å². The van der Waals surface area contributed by atoms with Crippen LogP contribution in [0.15, 0.2) is 41.8 Å². The number of amides is 1. The summed E-state index contributed by atoms with van der Waals surface area (Å²) in [6.07, 6.45) is 3.63. The fourth-order valence-electron chi connectivity index (χ4n) is 1.52. The SMILES string of the molecule is CC(=O)Nc1nc(C(=O)OC/C=C/c2ccccc2)cs1. The molecule has 0 saturated carbocycles. The second-order valence-corrected chi connectivity index (χ2v) is 4.99. The van der Waals surface area contributed by atoms with Crippen molar-refractivity contribution < 1.29 is 14.3 Å². The predicted octanol–water partition coefficient (Wildman–Crippen LogP) is 2.97. The van der Waals surface area contributed by atoms with Crippen LogP contribution in [0.3, 0.4) is 0 Å². The molecule has 0 atom stereocenters. The van der Waals surface area contributed by atoms with Crippen molar-refractivity contribution in [3.8, 4) is 0 Å². The van der Waals surface area contributed by atoms with E-state index in [1.165, 1.54) is 18.3 Å². The molecular formula is C15H14N2O3S. The maximum absolute atomic E-state index is 11.7. The third-order valence-electron chi connectivity index (χ3n) is 2.42. The average molecular weight is 302 g/mol. The molecule has 5 nitrogen and oxygen atoms in total. The summed E-state index contributed by atoms with van der Waals surface area (Å²) in [6, 6.07) is 9.72. The van der Waals surface area contributed by atoms with Crippen molar-refractivity contribution in [2.24, 2.45) is 0 Å². The fraction of sp³-hybridized carbons (Fsp3) is 0.133. The van der Waals surface area contributed by atoms with Crippen molar-refractivity contribution in [1.82, 2.24) is 4.98 Å². The molecule has 0 saturated heterocycles. The van der Waals surface area contributed by atoms with Crippen LogP contribution in [0, 0.1) is 0 Å². The van der Waals surface area contributed by atoms with Crippen molar-refractivity contribution in [3.63, 3.8) is 0 Å². The van der Waals surface area contributed by atoms with E-state index in [0.717, 1.165) is 5.56 Å². The first-order chi connectivity index (χ1) is 10.1. The highest BCUT2D eigenvalue weighted by atomic mass is 32.1. The Balaban J connectivity index is 1.83. The summed E-state index contributed by atoms with van der Waals surface area (Å²) >= 11 is 1.18. The molecule has 0 aliphatic carbocycles. The minimum absolute atomic E-state index is 0.167. The topological polar surface area (TPSA) is 68.3 Å². The lowest BCUT2D eigenvalue weighted by molar-refractivity contribution is -0.114.